The Hall–Kier alpha value is -1.64. The van der Waals surface area contributed by atoms with E-state index in [1.807, 2.05) is 30.3 Å². The van der Waals surface area contributed by atoms with Crippen LogP contribution in [0.3, 0.4) is 0 Å². The molecule has 0 aliphatic rings. The topological polar surface area (TPSA) is 43.4 Å². The summed E-state index contributed by atoms with van der Waals surface area (Å²) < 4.78 is 4.90. The Balaban J connectivity index is 2.28. The summed E-state index contributed by atoms with van der Waals surface area (Å²) in [6.07, 6.45) is 0.555. The Kier molecular flexibility index (Phi) is 4.54. The number of hydrogen-bond donors (Lipinski definition) is 0. The van der Waals surface area contributed by atoms with E-state index in [2.05, 4.69) is 0 Å². The first-order chi connectivity index (χ1) is 7.18. The summed E-state index contributed by atoms with van der Waals surface area (Å²) in [5.41, 5.74) is 0.922. The predicted octanol–water partition coefficient (Wildman–Crippen LogP) is 1.75. The van der Waals surface area contributed by atoms with Gasteiger partial charge < -0.3 is 4.74 Å². The molecule has 0 heterocycles. The summed E-state index contributed by atoms with van der Waals surface area (Å²) in [7, 11) is 0. The van der Waals surface area contributed by atoms with E-state index in [9.17, 15) is 9.59 Å². The molecule has 0 fully saturated rings. The fourth-order valence-corrected chi connectivity index (χ4v) is 1.12. The molecule has 0 radical (unpaired) electrons. The number of hydrogen-bond acceptors (Lipinski definition) is 3. The maximum Gasteiger partial charge on any atom is 0.310 e. The summed E-state index contributed by atoms with van der Waals surface area (Å²) in [4.78, 5) is 21.9. The van der Waals surface area contributed by atoms with Crippen LogP contribution in [0.25, 0.3) is 0 Å². The first kappa shape index (κ1) is 11.4. The van der Waals surface area contributed by atoms with Gasteiger partial charge >= 0.3 is 5.97 Å². The van der Waals surface area contributed by atoms with Crippen LogP contribution < -0.4 is 0 Å². The molecular weight excluding hydrogens is 192 g/mol. The maximum absolute atomic E-state index is 11.3. The SMILES string of the molecule is CC(=O)CCOC(=O)Cc1ccccc1. The van der Waals surface area contributed by atoms with Gasteiger partial charge in [-0.15, -0.1) is 0 Å². The minimum atomic E-state index is -0.289. The highest BCUT2D eigenvalue weighted by molar-refractivity contribution is 5.76. The zero-order valence-electron chi connectivity index (χ0n) is 8.73. The molecular formula is C12H14O3. The van der Waals surface area contributed by atoms with Gasteiger partial charge in [-0.05, 0) is 12.5 Å². The van der Waals surface area contributed by atoms with Crippen LogP contribution in [0.5, 0.6) is 0 Å². The Bertz CT molecular complexity index is 330. The average molecular weight is 206 g/mol. The molecule has 0 bridgehead atoms. The Morgan fingerprint density at radius 1 is 1.20 bits per heavy atom. The van der Waals surface area contributed by atoms with Crippen molar-refractivity contribution < 1.29 is 14.3 Å². The van der Waals surface area contributed by atoms with Crippen LogP contribution in [0.1, 0.15) is 18.9 Å². The molecule has 0 aliphatic carbocycles. The van der Waals surface area contributed by atoms with E-state index >= 15 is 0 Å². The molecule has 0 aliphatic heterocycles. The molecule has 15 heavy (non-hydrogen) atoms. The lowest BCUT2D eigenvalue weighted by Gasteiger charge is -2.03. The van der Waals surface area contributed by atoms with Crippen LogP contribution in [-0.4, -0.2) is 18.4 Å². The van der Waals surface area contributed by atoms with Crippen LogP contribution in [0.2, 0.25) is 0 Å². The van der Waals surface area contributed by atoms with Crippen LogP contribution in [-0.2, 0) is 20.7 Å². The summed E-state index contributed by atoms with van der Waals surface area (Å²) in [5, 5.41) is 0. The third-order valence-corrected chi connectivity index (χ3v) is 1.91. The monoisotopic (exact) mass is 206 g/mol. The van der Waals surface area contributed by atoms with Gasteiger partial charge in [0.15, 0.2) is 0 Å². The molecule has 3 nitrogen and oxygen atoms in total. The van der Waals surface area contributed by atoms with E-state index in [1.54, 1.807) is 0 Å². The highest BCUT2D eigenvalue weighted by Gasteiger charge is 2.04. The molecule has 1 rings (SSSR count). The lowest BCUT2D eigenvalue weighted by atomic mass is 10.2. The van der Waals surface area contributed by atoms with Crippen LogP contribution in [0, 0.1) is 0 Å². The highest BCUT2D eigenvalue weighted by atomic mass is 16.5. The van der Waals surface area contributed by atoms with E-state index in [0.29, 0.717) is 6.42 Å². The van der Waals surface area contributed by atoms with Crippen LogP contribution >= 0.6 is 0 Å². The maximum atomic E-state index is 11.3. The van der Waals surface area contributed by atoms with Crippen LogP contribution in [0.15, 0.2) is 30.3 Å². The van der Waals surface area contributed by atoms with Crippen molar-refractivity contribution in [2.75, 3.05) is 6.61 Å². The second kappa shape index (κ2) is 5.96. The smallest absolute Gasteiger partial charge is 0.310 e. The summed E-state index contributed by atoms with van der Waals surface area (Å²) >= 11 is 0. The van der Waals surface area contributed by atoms with Crippen molar-refractivity contribution in [3.05, 3.63) is 35.9 Å². The normalized spacial score (nSPS) is 9.67. The van der Waals surface area contributed by atoms with Crippen molar-refractivity contribution in [3.63, 3.8) is 0 Å². The number of rotatable bonds is 5. The van der Waals surface area contributed by atoms with E-state index < -0.39 is 0 Å². The molecule has 3 heteroatoms. The van der Waals surface area contributed by atoms with Crippen molar-refractivity contribution in [2.45, 2.75) is 19.8 Å². The zero-order chi connectivity index (χ0) is 11.1. The van der Waals surface area contributed by atoms with Gasteiger partial charge in [-0.2, -0.15) is 0 Å². The van der Waals surface area contributed by atoms with Crippen molar-refractivity contribution in [3.8, 4) is 0 Å². The molecule has 0 atom stereocenters. The highest BCUT2D eigenvalue weighted by Crippen LogP contribution is 2.01. The standard InChI is InChI=1S/C12H14O3/c1-10(13)7-8-15-12(14)9-11-5-3-2-4-6-11/h2-6H,7-9H2,1H3. The van der Waals surface area contributed by atoms with Gasteiger partial charge in [-0.3, -0.25) is 9.59 Å². The number of ketones is 1. The number of benzene rings is 1. The molecule has 80 valence electrons. The fraction of sp³-hybridized carbons (Fsp3) is 0.333. The summed E-state index contributed by atoms with van der Waals surface area (Å²) in [6.45, 7) is 1.66. The minimum absolute atomic E-state index is 0.0301. The zero-order valence-corrected chi connectivity index (χ0v) is 8.73. The average Bonchev–Trinajstić information content (AvgIpc) is 2.18. The lowest BCUT2D eigenvalue weighted by molar-refractivity contribution is -0.143. The summed E-state index contributed by atoms with van der Waals surface area (Å²) in [6, 6.07) is 9.37. The Morgan fingerprint density at radius 2 is 1.87 bits per heavy atom. The van der Waals surface area contributed by atoms with Gasteiger partial charge in [0.1, 0.15) is 5.78 Å². The number of carbonyl (C=O) groups excluding carboxylic acids is 2. The van der Waals surface area contributed by atoms with Gasteiger partial charge in [0.05, 0.1) is 13.0 Å². The molecule has 0 amide bonds. The van der Waals surface area contributed by atoms with E-state index in [1.165, 1.54) is 6.92 Å². The first-order valence-corrected chi connectivity index (χ1v) is 4.87. The fourth-order valence-electron chi connectivity index (χ4n) is 1.12. The third kappa shape index (κ3) is 4.96. The number of esters is 1. The molecule has 0 N–H and O–H groups in total. The second-order valence-corrected chi connectivity index (χ2v) is 3.33. The van der Waals surface area contributed by atoms with Gasteiger partial charge in [0, 0.05) is 6.42 Å². The lowest BCUT2D eigenvalue weighted by Crippen LogP contribution is -2.10. The van der Waals surface area contributed by atoms with E-state index in [0.717, 1.165) is 5.56 Å². The number of Topliss-reactive ketones (excluding diaryl/α,β-unsaturated/α-hetero) is 1. The molecule has 0 unspecified atom stereocenters. The van der Waals surface area contributed by atoms with Gasteiger partial charge in [0.2, 0.25) is 0 Å². The van der Waals surface area contributed by atoms with Crippen molar-refractivity contribution in [2.24, 2.45) is 0 Å². The van der Waals surface area contributed by atoms with Gasteiger partial charge in [0.25, 0.3) is 0 Å². The quantitative estimate of drug-likeness (QED) is 0.689. The first-order valence-electron chi connectivity index (χ1n) is 4.87. The Labute approximate surface area is 89.1 Å². The minimum Gasteiger partial charge on any atom is -0.465 e. The number of carbonyl (C=O) groups is 2. The van der Waals surface area contributed by atoms with E-state index in [4.69, 9.17) is 4.74 Å². The molecule has 0 aromatic heterocycles. The number of ether oxygens (including phenoxy) is 1. The largest absolute Gasteiger partial charge is 0.465 e. The van der Waals surface area contributed by atoms with E-state index in [-0.39, 0.29) is 24.8 Å². The molecule has 0 saturated carbocycles. The van der Waals surface area contributed by atoms with Gasteiger partial charge in [-0.25, -0.2) is 0 Å². The molecule has 1 aromatic carbocycles. The van der Waals surface area contributed by atoms with Crippen LogP contribution in [0.4, 0.5) is 0 Å². The third-order valence-electron chi connectivity index (χ3n) is 1.91. The Morgan fingerprint density at radius 3 is 2.47 bits per heavy atom. The van der Waals surface area contributed by atoms with Crippen molar-refractivity contribution in [1.82, 2.24) is 0 Å². The van der Waals surface area contributed by atoms with Gasteiger partial charge in [-0.1, -0.05) is 30.3 Å². The predicted molar refractivity (Wildman–Crippen MR) is 56.4 cm³/mol. The molecule has 0 spiro atoms. The summed E-state index contributed by atoms with van der Waals surface area (Å²) in [5.74, 6) is -0.259. The van der Waals surface area contributed by atoms with Crippen molar-refractivity contribution in [1.29, 1.82) is 0 Å². The molecule has 0 saturated heterocycles. The molecule has 1 aromatic rings. The van der Waals surface area contributed by atoms with Crippen molar-refractivity contribution >= 4 is 11.8 Å². The second-order valence-electron chi connectivity index (χ2n) is 3.33.